The molecule has 0 aromatic heterocycles. The normalized spacial score (nSPS) is 25.1. The first kappa shape index (κ1) is 72.5. The highest BCUT2D eigenvalue weighted by atomic mass is 16.7. The lowest BCUT2D eigenvalue weighted by Crippen LogP contribution is -2.65. The molecule has 1 amide bonds. The predicted molar refractivity (Wildman–Crippen MR) is 322 cm³/mol. The third-order valence-corrected chi connectivity index (χ3v) is 14.2. The number of amides is 1. The van der Waals surface area contributed by atoms with Crippen LogP contribution in [0, 0.1) is 0 Å². The van der Waals surface area contributed by atoms with E-state index in [0.717, 1.165) is 122 Å². The van der Waals surface area contributed by atoms with Gasteiger partial charge in [0, 0.05) is 6.42 Å². The molecular weight excluding hydrogens is 1010 g/mol. The van der Waals surface area contributed by atoms with Gasteiger partial charge in [-0.05, 0) is 89.9 Å². The number of nitrogens with one attached hydrogen (secondary N) is 1. The average Bonchev–Trinajstić information content (AvgIpc) is 3.49. The second-order valence-corrected chi connectivity index (χ2v) is 21.1. The molecule has 2 saturated heterocycles. The fourth-order valence-corrected chi connectivity index (χ4v) is 9.26. The SMILES string of the molecule is CC/C=C\C/C=C\C/C=C\C/C=C\C/C=C\C/C=C\C/C=C\C/C=C\C/C=C\C/C=C\CCCCCCCCCCCCC(=O)NC(COC1OC(CO)C(OC2OC(CO)C(O)C(O)C2O)C(O)C1O)C(O)CCCCCCC. The number of unbranched alkanes of at least 4 members (excludes halogenated alkanes) is 14. The number of ether oxygens (including phenoxy) is 4. The maximum atomic E-state index is 13.1. The van der Waals surface area contributed by atoms with Crippen molar-refractivity contribution in [1.29, 1.82) is 0 Å². The van der Waals surface area contributed by atoms with Crippen LogP contribution in [0.2, 0.25) is 0 Å². The summed E-state index contributed by atoms with van der Waals surface area (Å²) in [6, 6.07) is -0.834. The van der Waals surface area contributed by atoms with Crippen LogP contribution < -0.4 is 5.32 Å². The molecule has 0 spiro atoms. The fraction of sp³-hybridized carbons (Fsp3) is 0.682. The molecule has 2 rings (SSSR count). The summed E-state index contributed by atoms with van der Waals surface area (Å²) in [4.78, 5) is 13.1. The first-order valence-corrected chi connectivity index (χ1v) is 30.8. The molecule has 0 aliphatic carbocycles. The van der Waals surface area contributed by atoms with E-state index in [0.29, 0.717) is 19.3 Å². The Balaban J connectivity index is 1.52. The maximum Gasteiger partial charge on any atom is 0.220 e. The molecule has 80 heavy (non-hydrogen) atoms. The second-order valence-electron chi connectivity index (χ2n) is 21.1. The molecule has 12 unspecified atom stereocenters. The number of allylic oxidation sites excluding steroid dienone is 20. The van der Waals surface area contributed by atoms with Gasteiger partial charge in [0.1, 0.15) is 48.8 Å². The van der Waals surface area contributed by atoms with E-state index in [2.05, 4.69) is 141 Å². The van der Waals surface area contributed by atoms with Gasteiger partial charge in [-0.15, -0.1) is 0 Å². The molecule has 0 radical (unpaired) electrons. The largest absolute Gasteiger partial charge is 0.394 e. The summed E-state index contributed by atoms with van der Waals surface area (Å²) in [6.45, 7) is 2.61. The van der Waals surface area contributed by atoms with Crippen LogP contribution in [0.5, 0.6) is 0 Å². The van der Waals surface area contributed by atoms with Gasteiger partial charge >= 0.3 is 0 Å². The molecular formula is C66H109NO13. The van der Waals surface area contributed by atoms with Gasteiger partial charge in [0.05, 0.1) is 32.0 Å². The Bertz CT molecular complexity index is 1800. The van der Waals surface area contributed by atoms with Crippen molar-refractivity contribution in [1.82, 2.24) is 5.32 Å². The quantitative estimate of drug-likeness (QED) is 0.0204. The number of carbonyl (C=O) groups is 1. The van der Waals surface area contributed by atoms with E-state index in [1.165, 1.54) is 38.5 Å². The molecule has 2 fully saturated rings. The van der Waals surface area contributed by atoms with Crippen LogP contribution in [-0.2, 0) is 23.7 Å². The van der Waals surface area contributed by atoms with Gasteiger partial charge in [-0.3, -0.25) is 4.79 Å². The number of hydrogen-bond acceptors (Lipinski definition) is 13. The Labute approximate surface area is 482 Å². The van der Waals surface area contributed by atoms with Crippen molar-refractivity contribution < 1.29 is 64.6 Å². The van der Waals surface area contributed by atoms with E-state index in [1.807, 2.05) is 0 Å². The molecule has 2 aliphatic rings. The van der Waals surface area contributed by atoms with E-state index >= 15 is 0 Å². The smallest absolute Gasteiger partial charge is 0.220 e. The lowest BCUT2D eigenvalue weighted by atomic mass is 9.97. The van der Waals surface area contributed by atoms with E-state index in [-0.39, 0.29) is 12.5 Å². The number of hydrogen-bond donors (Lipinski definition) is 9. The lowest BCUT2D eigenvalue weighted by Gasteiger charge is -2.46. The Morgan fingerprint density at radius 1 is 0.463 bits per heavy atom. The van der Waals surface area contributed by atoms with Gasteiger partial charge in [-0.1, -0.05) is 219 Å². The molecule has 0 bridgehead atoms. The average molecular weight is 1120 g/mol. The minimum atomic E-state index is -1.79. The summed E-state index contributed by atoms with van der Waals surface area (Å²) in [5, 5.41) is 86.6. The van der Waals surface area contributed by atoms with Crippen molar-refractivity contribution in [3.8, 4) is 0 Å². The van der Waals surface area contributed by atoms with Crippen molar-refractivity contribution in [2.24, 2.45) is 0 Å². The van der Waals surface area contributed by atoms with Crippen LogP contribution in [0.15, 0.2) is 122 Å². The van der Waals surface area contributed by atoms with Gasteiger partial charge in [0.2, 0.25) is 5.91 Å². The zero-order valence-electron chi connectivity index (χ0n) is 49.0. The highest BCUT2D eigenvalue weighted by Gasteiger charge is 2.51. The van der Waals surface area contributed by atoms with E-state index < -0.39 is 86.8 Å². The van der Waals surface area contributed by atoms with Gasteiger partial charge < -0.3 is 65.1 Å². The minimum Gasteiger partial charge on any atom is -0.394 e. The highest BCUT2D eigenvalue weighted by molar-refractivity contribution is 5.76. The van der Waals surface area contributed by atoms with E-state index in [9.17, 15) is 45.6 Å². The standard InChI is InChI=1S/C66H109NO13/c1-3-5-7-9-10-11-12-13-14-15-16-17-18-19-20-21-22-23-24-25-26-27-28-29-30-31-32-33-34-35-36-37-38-39-40-41-42-43-44-46-48-50-58(71)67-54(55(70)49-47-45-8-6-4-2)53-77-65-63(76)61(74)64(57(52-69)79-65)80-66-62(75)60(73)59(72)56(51-68)78-66/h5,7,10-11,13-14,16-17,19-20,22-23,25-26,28-29,31-32,34-35,54-57,59-66,68-70,72-76H,3-4,6,8-9,12,15,18,21,24,27,30,33,36-53H2,1-2H3,(H,67,71)/b7-5-,11-10-,14-13-,17-16-,20-19-,23-22-,26-25-,29-28-,32-31-,35-34-. The maximum absolute atomic E-state index is 13.1. The van der Waals surface area contributed by atoms with Gasteiger partial charge in [-0.2, -0.15) is 0 Å². The third kappa shape index (κ3) is 34.7. The van der Waals surface area contributed by atoms with Crippen LogP contribution in [0.25, 0.3) is 0 Å². The highest BCUT2D eigenvalue weighted by Crippen LogP contribution is 2.30. The summed E-state index contributed by atoms with van der Waals surface area (Å²) in [5.74, 6) is -0.225. The minimum absolute atomic E-state index is 0.225. The number of aliphatic hydroxyl groups is 8. The molecule has 0 aromatic carbocycles. The van der Waals surface area contributed by atoms with Crippen LogP contribution in [0.1, 0.15) is 194 Å². The summed E-state index contributed by atoms with van der Waals surface area (Å²) in [7, 11) is 0. The van der Waals surface area contributed by atoms with Crippen molar-refractivity contribution in [2.75, 3.05) is 19.8 Å². The lowest BCUT2D eigenvalue weighted by molar-refractivity contribution is -0.359. The van der Waals surface area contributed by atoms with Gasteiger partial charge in [-0.25, -0.2) is 0 Å². The number of rotatable bonds is 47. The zero-order valence-corrected chi connectivity index (χ0v) is 49.0. The van der Waals surface area contributed by atoms with Crippen molar-refractivity contribution in [3.63, 3.8) is 0 Å². The van der Waals surface area contributed by atoms with E-state index in [4.69, 9.17) is 18.9 Å². The fourth-order valence-electron chi connectivity index (χ4n) is 9.26. The molecule has 2 heterocycles. The molecule has 0 saturated carbocycles. The Morgan fingerprint density at radius 2 is 0.863 bits per heavy atom. The third-order valence-electron chi connectivity index (χ3n) is 14.2. The molecule has 456 valence electrons. The second kappa shape index (κ2) is 50.0. The topological polar surface area (TPSA) is 228 Å². The monoisotopic (exact) mass is 1120 g/mol. The Morgan fingerprint density at radius 3 is 1.32 bits per heavy atom. The summed E-state index contributed by atoms with van der Waals surface area (Å²) < 4.78 is 22.6. The zero-order chi connectivity index (χ0) is 58.1. The van der Waals surface area contributed by atoms with Crippen LogP contribution in [0.3, 0.4) is 0 Å². The van der Waals surface area contributed by atoms with Crippen LogP contribution in [-0.4, -0.2) is 140 Å². The van der Waals surface area contributed by atoms with Crippen molar-refractivity contribution in [3.05, 3.63) is 122 Å². The van der Waals surface area contributed by atoms with Crippen LogP contribution >= 0.6 is 0 Å². The summed E-state index contributed by atoms with van der Waals surface area (Å²) in [5.41, 5.74) is 0. The van der Waals surface area contributed by atoms with Gasteiger partial charge in [0.25, 0.3) is 0 Å². The summed E-state index contributed by atoms with van der Waals surface area (Å²) >= 11 is 0. The predicted octanol–water partition coefficient (Wildman–Crippen LogP) is 11.0. The Hall–Kier alpha value is -3.61. The molecule has 0 aromatic rings. The molecule has 9 N–H and O–H groups in total. The van der Waals surface area contributed by atoms with Gasteiger partial charge in [0.15, 0.2) is 12.6 Å². The van der Waals surface area contributed by atoms with E-state index in [1.54, 1.807) is 0 Å². The van der Waals surface area contributed by atoms with Crippen molar-refractivity contribution >= 4 is 5.91 Å². The summed E-state index contributed by atoms with van der Waals surface area (Å²) in [6.07, 6.45) is 55.8. The molecule has 2 aliphatic heterocycles. The van der Waals surface area contributed by atoms with Crippen molar-refractivity contribution in [2.45, 2.75) is 267 Å². The van der Waals surface area contributed by atoms with Crippen LogP contribution in [0.4, 0.5) is 0 Å². The number of carbonyl (C=O) groups excluding carboxylic acids is 1. The Kier molecular flexibility index (Phi) is 45.3. The first-order chi connectivity index (χ1) is 39.1. The first-order valence-electron chi connectivity index (χ1n) is 30.8. The molecule has 14 nitrogen and oxygen atoms in total. The molecule has 12 atom stereocenters. The molecule has 14 heteroatoms. The number of aliphatic hydroxyl groups excluding tert-OH is 8.